The molecule has 0 atom stereocenters. The van der Waals surface area contributed by atoms with E-state index in [2.05, 4.69) is 24.3 Å². The molecule has 3 N–H and O–H groups in total. The van der Waals surface area contributed by atoms with Crippen molar-refractivity contribution in [1.29, 1.82) is 0 Å². The average molecular weight is 451 g/mol. The summed E-state index contributed by atoms with van der Waals surface area (Å²) in [5.41, 5.74) is 11.1. The van der Waals surface area contributed by atoms with Crippen molar-refractivity contribution in [3.8, 4) is 5.75 Å². The predicted molar refractivity (Wildman–Crippen MR) is 131 cm³/mol. The Bertz CT molecular complexity index is 1050. The first-order valence-electron chi connectivity index (χ1n) is 11.1. The molecule has 3 aromatic rings. The molecule has 1 aliphatic rings. The SMILES string of the molecule is Cl.NCc1cccc(C2CCN(C(=O)c3cccc(CCc4ccccc4O)c3)CC2)c1. The van der Waals surface area contributed by atoms with E-state index in [0.717, 1.165) is 61.0 Å². The molecule has 1 aliphatic heterocycles. The minimum absolute atomic E-state index is 0. The number of phenolic OH excluding ortho intramolecular Hbond substituents is 1. The van der Waals surface area contributed by atoms with Crippen LogP contribution in [-0.2, 0) is 19.4 Å². The highest BCUT2D eigenvalue weighted by Gasteiger charge is 2.24. The van der Waals surface area contributed by atoms with Crippen LogP contribution < -0.4 is 5.73 Å². The fourth-order valence-corrected chi connectivity index (χ4v) is 4.43. The number of amides is 1. The first-order valence-corrected chi connectivity index (χ1v) is 11.1. The number of aryl methyl sites for hydroxylation is 2. The summed E-state index contributed by atoms with van der Waals surface area (Å²) in [5.74, 6) is 0.925. The van der Waals surface area contributed by atoms with Crippen LogP contribution in [0.1, 0.15) is 51.4 Å². The Kier molecular flexibility index (Phi) is 8.32. The van der Waals surface area contributed by atoms with Crippen LogP contribution in [-0.4, -0.2) is 29.0 Å². The minimum atomic E-state index is 0. The molecule has 0 saturated carbocycles. The zero-order chi connectivity index (χ0) is 21.6. The van der Waals surface area contributed by atoms with Gasteiger partial charge in [-0.05, 0) is 72.1 Å². The number of nitrogens with zero attached hydrogens (tertiary/aromatic N) is 1. The van der Waals surface area contributed by atoms with E-state index in [9.17, 15) is 9.90 Å². The molecule has 1 amide bonds. The van der Waals surface area contributed by atoms with Gasteiger partial charge in [0.2, 0.25) is 0 Å². The summed E-state index contributed by atoms with van der Waals surface area (Å²) in [6.07, 6.45) is 3.50. The van der Waals surface area contributed by atoms with E-state index in [-0.39, 0.29) is 18.3 Å². The van der Waals surface area contributed by atoms with Crippen molar-refractivity contribution in [1.82, 2.24) is 4.90 Å². The zero-order valence-corrected chi connectivity index (χ0v) is 19.1. The highest BCUT2D eigenvalue weighted by atomic mass is 35.5. The lowest BCUT2D eigenvalue weighted by atomic mass is 9.88. The van der Waals surface area contributed by atoms with Gasteiger partial charge in [-0.1, -0.05) is 54.6 Å². The van der Waals surface area contributed by atoms with Gasteiger partial charge in [0.05, 0.1) is 0 Å². The molecule has 0 aliphatic carbocycles. The Balaban J connectivity index is 0.00000289. The topological polar surface area (TPSA) is 66.6 Å². The zero-order valence-electron chi connectivity index (χ0n) is 18.2. The number of aromatic hydroxyl groups is 1. The number of nitrogens with two attached hydrogens (primary N) is 1. The summed E-state index contributed by atoms with van der Waals surface area (Å²) in [4.78, 5) is 15.1. The van der Waals surface area contributed by atoms with E-state index >= 15 is 0 Å². The van der Waals surface area contributed by atoms with Gasteiger partial charge in [-0.15, -0.1) is 12.4 Å². The number of hydrogen-bond donors (Lipinski definition) is 2. The third-order valence-electron chi connectivity index (χ3n) is 6.29. The summed E-state index contributed by atoms with van der Waals surface area (Å²) in [6.45, 7) is 2.11. The van der Waals surface area contributed by atoms with Crippen LogP contribution in [0.25, 0.3) is 0 Å². The quantitative estimate of drug-likeness (QED) is 0.550. The first kappa shape index (κ1) is 23.8. The Hall–Kier alpha value is -2.82. The molecule has 32 heavy (non-hydrogen) atoms. The summed E-state index contributed by atoms with van der Waals surface area (Å²) >= 11 is 0. The third kappa shape index (κ3) is 5.70. The molecule has 5 heteroatoms. The maximum absolute atomic E-state index is 13.1. The van der Waals surface area contributed by atoms with Gasteiger partial charge in [0.1, 0.15) is 5.75 Å². The summed E-state index contributed by atoms with van der Waals surface area (Å²) in [7, 11) is 0. The van der Waals surface area contributed by atoms with Gasteiger partial charge in [0.15, 0.2) is 0 Å². The first-order chi connectivity index (χ1) is 15.1. The van der Waals surface area contributed by atoms with Crippen LogP contribution in [0, 0.1) is 0 Å². The Labute approximate surface area is 196 Å². The summed E-state index contributed by atoms with van der Waals surface area (Å²) in [5, 5.41) is 9.97. The lowest BCUT2D eigenvalue weighted by Gasteiger charge is -2.32. The second-order valence-corrected chi connectivity index (χ2v) is 8.34. The van der Waals surface area contributed by atoms with Gasteiger partial charge in [0, 0.05) is 25.2 Å². The largest absolute Gasteiger partial charge is 0.508 e. The van der Waals surface area contributed by atoms with E-state index in [1.165, 1.54) is 5.56 Å². The highest BCUT2D eigenvalue weighted by Crippen LogP contribution is 2.29. The lowest BCUT2D eigenvalue weighted by molar-refractivity contribution is 0.0713. The van der Waals surface area contributed by atoms with Crippen molar-refractivity contribution in [2.45, 2.75) is 38.1 Å². The van der Waals surface area contributed by atoms with Gasteiger partial charge in [-0.25, -0.2) is 0 Å². The van der Waals surface area contributed by atoms with Crippen molar-refractivity contribution in [2.24, 2.45) is 5.73 Å². The fourth-order valence-electron chi connectivity index (χ4n) is 4.43. The van der Waals surface area contributed by atoms with Crippen LogP contribution in [0.3, 0.4) is 0 Å². The molecule has 0 aromatic heterocycles. The summed E-state index contributed by atoms with van der Waals surface area (Å²) in [6, 6.07) is 23.9. The molecule has 0 radical (unpaired) electrons. The van der Waals surface area contributed by atoms with Crippen molar-refractivity contribution in [3.63, 3.8) is 0 Å². The molecule has 0 bridgehead atoms. The molecule has 168 valence electrons. The van der Waals surface area contributed by atoms with Crippen molar-refractivity contribution in [2.75, 3.05) is 13.1 Å². The molecule has 0 unspecified atom stereocenters. The van der Waals surface area contributed by atoms with Gasteiger partial charge in [-0.2, -0.15) is 0 Å². The second-order valence-electron chi connectivity index (χ2n) is 8.34. The molecule has 4 rings (SSSR count). The van der Waals surface area contributed by atoms with Crippen LogP contribution in [0.4, 0.5) is 0 Å². The van der Waals surface area contributed by atoms with Crippen molar-refractivity contribution >= 4 is 18.3 Å². The number of para-hydroxylation sites is 1. The normalized spacial score (nSPS) is 14.1. The van der Waals surface area contributed by atoms with Gasteiger partial charge in [-0.3, -0.25) is 4.79 Å². The monoisotopic (exact) mass is 450 g/mol. The van der Waals surface area contributed by atoms with E-state index < -0.39 is 0 Å². The molecule has 1 fully saturated rings. The molecule has 1 saturated heterocycles. The summed E-state index contributed by atoms with van der Waals surface area (Å²) < 4.78 is 0. The highest BCUT2D eigenvalue weighted by molar-refractivity contribution is 5.94. The molecule has 4 nitrogen and oxygen atoms in total. The number of carbonyl (C=O) groups is 1. The second kappa shape index (κ2) is 11.2. The van der Waals surface area contributed by atoms with Crippen molar-refractivity contribution in [3.05, 3.63) is 101 Å². The number of benzene rings is 3. The smallest absolute Gasteiger partial charge is 0.253 e. The van der Waals surface area contributed by atoms with Gasteiger partial charge >= 0.3 is 0 Å². The number of likely N-dealkylation sites (tertiary alicyclic amines) is 1. The molecule has 1 heterocycles. The third-order valence-corrected chi connectivity index (χ3v) is 6.29. The Morgan fingerprint density at radius 3 is 2.38 bits per heavy atom. The van der Waals surface area contributed by atoms with Crippen molar-refractivity contribution < 1.29 is 9.90 Å². The maximum Gasteiger partial charge on any atom is 0.253 e. The predicted octanol–water partition coefficient (Wildman–Crippen LogP) is 5.08. The van der Waals surface area contributed by atoms with E-state index in [1.807, 2.05) is 47.4 Å². The molecular formula is C27H31ClN2O2. The Morgan fingerprint density at radius 2 is 1.62 bits per heavy atom. The number of hydrogen-bond acceptors (Lipinski definition) is 3. The van der Waals surface area contributed by atoms with Gasteiger partial charge < -0.3 is 15.7 Å². The van der Waals surface area contributed by atoms with Crippen LogP contribution in [0.15, 0.2) is 72.8 Å². The van der Waals surface area contributed by atoms with E-state index in [0.29, 0.717) is 18.2 Å². The number of carbonyl (C=O) groups excluding carboxylic acids is 1. The fraction of sp³-hybridized carbons (Fsp3) is 0.296. The molecule has 3 aromatic carbocycles. The number of halogens is 1. The number of piperidine rings is 1. The van der Waals surface area contributed by atoms with Crippen LogP contribution in [0.5, 0.6) is 5.75 Å². The molecule has 0 spiro atoms. The Morgan fingerprint density at radius 1 is 0.906 bits per heavy atom. The van der Waals surface area contributed by atoms with E-state index in [4.69, 9.17) is 5.73 Å². The average Bonchev–Trinajstić information content (AvgIpc) is 2.83. The maximum atomic E-state index is 13.1. The standard InChI is InChI=1S/C27H30N2O2.ClH/c28-19-21-6-4-8-24(18-21)22-13-15-29(16-14-22)27(31)25-9-3-5-20(17-25)11-12-23-7-1-2-10-26(23)30;/h1-10,17-18,22,30H,11-16,19,28H2;1H. The van der Waals surface area contributed by atoms with Crippen LogP contribution >= 0.6 is 12.4 Å². The lowest BCUT2D eigenvalue weighted by Crippen LogP contribution is -2.38. The minimum Gasteiger partial charge on any atom is -0.508 e. The van der Waals surface area contributed by atoms with Crippen LogP contribution in [0.2, 0.25) is 0 Å². The molecular weight excluding hydrogens is 420 g/mol. The number of rotatable bonds is 6. The van der Waals surface area contributed by atoms with Gasteiger partial charge in [0.25, 0.3) is 5.91 Å². The van der Waals surface area contributed by atoms with E-state index in [1.54, 1.807) is 6.07 Å². The number of phenols is 1.